The fourth-order valence-corrected chi connectivity index (χ4v) is 7.39. The molecule has 6 rings (SSSR count). The van der Waals surface area contributed by atoms with Crippen molar-refractivity contribution in [2.75, 3.05) is 31.1 Å². The van der Waals surface area contributed by atoms with Crippen LogP contribution in [0.4, 0.5) is 5.69 Å². The van der Waals surface area contributed by atoms with E-state index in [1.807, 2.05) is 87.5 Å². The van der Waals surface area contributed by atoms with Crippen LogP contribution >= 0.6 is 0 Å². The van der Waals surface area contributed by atoms with Gasteiger partial charge in [0, 0.05) is 25.3 Å². The van der Waals surface area contributed by atoms with Crippen LogP contribution in [-0.2, 0) is 19.1 Å². The fourth-order valence-electron chi connectivity index (χ4n) is 7.39. The molecule has 2 aromatic rings. The Bertz CT molecular complexity index is 1420. The van der Waals surface area contributed by atoms with Crippen LogP contribution in [0, 0.1) is 17.8 Å². The highest BCUT2D eigenvalue weighted by Gasteiger charge is 2.72. The summed E-state index contributed by atoms with van der Waals surface area (Å²) < 4.78 is 6.75. The lowest BCUT2D eigenvalue weighted by Crippen LogP contribution is -2.58. The smallest absolute Gasteiger partial charge is 0.253 e. The van der Waals surface area contributed by atoms with Crippen LogP contribution in [0.5, 0.6) is 0 Å². The van der Waals surface area contributed by atoms with Gasteiger partial charge in [0.1, 0.15) is 11.6 Å². The Labute approximate surface area is 241 Å². The van der Waals surface area contributed by atoms with Crippen LogP contribution in [0.2, 0.25) is 0 Å². The Morgan fingerprint density at radius 1 is 1.00 bits per heavy atom. The Kier molecular flexibility index (Phi) is 7.24. The molecule has 0 radical (unpaired) electrons. The molecule has 4 aliphatic heterocycles. The highest BCUT2D eigenvalue weighted by molar-refractivity contribution is 6.06. The summed E-state index contributed by atoms with van der Waals surface area (Å²) in [7, 11) is 0. The van der Waals surface area contributed by atoms with Crippen molar-refractivity contribution < 1.29 is 24.2 Å². The molecule has 1 unspecified atom stereocenters. The molecular formula is C33H39N3O5. The monoisotopic (exact) mass is 557 g/mol. The Morgan fingerprint density at radius 2 is 1.78 bits per heavy atom. The van der Waals surface area contributed by atoms with E-state index >= 15 is 0 Å². The Balaban J connectivity index is 1.47. The van der Waals surface area contributed by atoms with E-state index in [4.69, 9.17) is 4.74 Å². The summed E-state index contributed by atoms with van der Waals surface area (Å²) in [6, 6.07) is 12.3. The van der Waals surface area contributed by atoms with E-state index in [9.17, 15) is 19.5 Å². The second-order valence-corrected chi connectivity index (χ2v) is 12.1. The summed E-state index contributed by atoms with van der Waals surface area (Å²) in [5, 5.41) is 12.6. The molecular weight excluding hydrogens is 518 g/mol. The topological polar surface area (TPSA) is 90.4 Å². The zero-order valence-electron chi connectivity index (χ0n) is 24.0. The van der Waals surface area contributed by atoms with Gasteiger partial charge in [0.25, 0.3) is 5.91 Å². The number of ether oxygens (including phenoxy) is 1. The van der Waals surface area contributed by atoms with E-state index in [1.165, 1.54) is 0 Å². The van der Waals surface area contributed by atoms with Gasteiger partial charge in [-0.2, -0.15) is 0 Å². The van der Waals surface area contributed by atoms with E-state index in [-0.39, 0.29) is 30.2 Å². The van der Waals surface area contributed by atoms with Crippen molar-refractivity contribution >= 4 is 34.2 Å². The number of likely N-dealkylation sites (tertiary alicyclic amines) is 1. The van der Waals surface area contributed by atoms with Gasteiger partial charge in [-0.05, 0) is 41.7 Å². The third-order valence-electron chi connectivity index (χ3n) is 9.07. The highest BCUT2D eigenvalue weighted by atomic mass is 16.5. The van der Waals surface area contributed by atoms with Crippen molar-refractivity contribution in [3.05, 3.63) is 66.8 Å². The maximum atomic E-state index is 14.7. The van der Waals surface area contributed by atoms with Crippen molar-refractivity contribution in [2.24, 2.45) is 17.8 Å². The number of carbonyl (C=O) groups excluding carboxylic acids is 3. The second-order valence-electron chi connectivity index (χ2n) is 12.1. The molecule has 3 amide bonds. The molecule has 2 saturated heterocycles. The summed E-state index contributed by atoms with van der Waals surface area (Å²) in [4.78, 5) is 48.2. The first-order chi connectivity index (χ1) is 19.8. The molecule has 2 aromatic carbocycles. The summed E-state index contributed by atoms with van der Waals surface area (Å²) in [6.07, 6.45) is 8.31. The largest absolute Gasteiger partial charge is 0.394 e. The maximum absolute atomic E-state index is 14.7. The van der Waals surface area contributed by atoms with Crippen LogP contribution < -0.4 is 4.90 Å². The molecule has 4 heterocycles. The lowest BCUT2D eigenvalue weighted by molar-refractivity contribution is -0.147. The first kappa shape index (κ1) is 27.7. The van der Waals surface area contributed by atoms with E-state index < -0.39 is 35.6 Å². The van der Waals surface area contributed by atoms with Crippen LogP contribution in [0.1, 0.15) is 33.6 Å². The van der Waals surface area contributed by atoms with Crippen LogP contribution in [-0.4, -0.2) is 82.7 Å². The lowest BCUT2D eigenvalue weighted by atomic mass is 9.77. The molecule has 0 bridgehead atoms. The first-order valence-corrected chi connectivity index (χ1v) is 14.8. The number of anilines is 1. The minimum Gasteiger partial charge on any atom is -0.394 e. The SMILES string of the molecule is CCCN1CC=C[C@H]2O[C@]34C=CCN(c5ccc6ccccc6c5)C(=O)C3N([C@@H](CO)CC(C)C)C(=O)[C@@H]4[C@H]2C1=O. The van der Waals surface area contributed by atoms with Gasteiger partial charge in [-0.15, -0.1) is 0 Å². The summed E-state index contributed by atoms with van der Waals surface area (Å²) in [5.41, 5.74) is -0.581. The normalized spacial score (nSPS) is 30.1. The number of amides is 3. The van der Waals surface area contributed by atoms with Gasteiger partial charge in [0.15, 0.2) is 0 Å². The van der Waals surface area contributed by atoms with Crippen LogP contribution in [0.3, 0.4) is 0 Å². The van der Waals surface area contributed by atoms with E-state index in [1.54, 1.807) is 14.7 Å². The second kappa shape index (κ2) is 10.7. The van der Waals surface area contributed by atoms with Gasteiger partial charge in [-0.3, -0.25) is 14.4 Å². The zero-order valence-corrected chi connectivity index (χ0v) is 24.0. The minimum atomic E-state index is -1.31. The number of aliphatic hydroxyl groups excluding tert-OH is 1. The van der Waals surface area contributed by atoms with E-state index in [0.717, 1.165) is 22.9 Å². The summed E-state index contributed by atoms with van der Waals surface area (Å²) in [6.45, 7) is 7.18. The number of hydrogen-bond acceptors (Lipinski definition) is 5. The molecule has 2 fully saturated rings. The van der Waals surface area contributed by atoms with Gasteiger partial charge in [-0.25, -0.2) is 0 Å². The van der Waals surface area contributed by atoms with Crippen LogP contribution in [0.15, 0.2) is 66.8 Å². The van der Waals surface area contributed by atoms with Gasteiger partial charge < -0.3 is 24.5 Å². The van der Waals surface area contributed by atoms with Gasteiger partial charge in [0.05, 0.1) is 30.6 Å². The number of carbonyl (C=O) groups is 3. The third-order valence-corrected chi connectivity index (χ3v) is 9.07. The molecule has 1 spiro atoms. The average molecular weight is 558 g/mol. The Morgan fingerprint density at radius 3 is 2.51 bits per heavy atom. The van der Waals surface area contributed by atoms with Crippen LogP contribution in [0.25, 0.3) is 10.8 Å². The first-order valence-electron chi connectivity index (χ1n) is 14.8. The molecule has 0 aliphatic carbocycles. The molecule has 0 saturated carbocycles. The molecule has 8 heteroatoms. The zero-order chi connectivity index (χ0) is 28.9. The van der Waals surface area contributed by atoms with Gasteiger partial charge in [0.2, 0.25) is 11.8 Å². The predicted molar refractivity (Wildman–Crippen MR) is 157 cm³/mol. The van der Waals surface area contributed by atoms with Crippen molar-refractivity contribution in [3.63, 3.8) is 0 Å². The number of rotatable bonds is 7. The number of benzene rings is 2. The average Bonchev–Trinajstić information content (AvgIpc) is 3.29. The summed E-state index contributed by atoms with van der Waals surface area (Å²) in [5.74, 6) is -2.07. The molecule has 1 N–H and O–H groups in total. The molecule has 8 nitrogen and oxygen atoms in total. The van der Waals surface area contributed by atoms with Crippen molar-refractivity contribution in [3.8, 4) is 0 Å². The third kappa shape index (κ3) is 4.39. The lowest BCUT2D eigenvalue weighted by Gasteiger charge is -2.39. The molecule has 216 valence electrons. The number of aliphatic hydroxyl groups is 1. The van der Waals surface area contributed by atoms with Crippen molar-refractivity contribution in [1.82, 2.24) is 9.80 Å². The van der Waals surface area contributed by atoms with Crippen molar-refractivity contribution in [2.45, 2.75) is 57.4 Å². The molecule has 0 aromatic heterocycles. The predicted octanol–water partition coefficient (Wildman–Crippen LogP) is 3.54. The molecule has 41 heavy (non-hydrogen) atoms. The summed E-state index contributed by atoms with van der Waals surface area (Å²) >= 11 is 0. The van der Waals surface area contributed by atoms with E-state index in [2.05, 4.69) is 0 Å². The minimum absolute atomic E-state index is 0.112. The van der Waals surface area contributed by atoms with Gasteiger partial charge >= 0.3 is 0 Å². The standard InChI is InChI=1S/C33H39N3O5/c1-4-15-34-16-7-11-26-27(30(34)38)28-31(39)36(25(20-37)18-21(2)3)29-32(40)35(17-8-14-33(28,29)41-26)24-13-12-22-9-5-6-10-23(22)19-24/h5-14,19,21,25-29,37H,4,15-18,20H2,1-3H3/t25-,26-,27+,28+,29?,33+/m1/s1. The number of nitrogens with zero attached hydrogens (tertiary/aromatic N) is 3. The maximum Gasteiger partial charge on any atom is 0.253 e. The molecule has 6 atom stereocenters. The quantitative estimate of drug-likeness (QED) is 0.526. The number of hydrogen-bond donors (Lipinski definition) is 1. The highest BCUT2D eigenvalue weighted by Crippen LogP contribution is 2.54. The van der Waals surface area contributed by atoms with E-state index in [0.29, 0.717) is 26.1 Å². The Hall–Kier alpha value is -3.49. The molecule has 4 aliphatic rings. The number of fused-ring (bicyclic) bond motifs is 3. The van der Waals surface area contributed by atoms with Crippen molar-refractivity contribution in [1.29, 1.82) is 0 Å². The van der Waals surface area contributed by atoms with Gasteiger partial charge in [-0.1, -0.05) is 75.4 Å². The fraction of sp³-hybridized carbons (Fsp3) is 0.485.